The summed E-state index contributed by atoms with van der Waals surface area (Å²) >= 11 is 0. The highest BCUT2D eigenvalue weighted by Crippen LogP contribution is 2.21. The van der Waals surface area contributed by atoms with E-state index in [1.165, 1.54) is 4.90 Å². The number of ether oxygens (including phenoxy) is 2. The van der Waals surface area contributed by atoms with Crippen LogP contribution in [0, 0.1) is 0 Å². The number of rotatable bonds is 15. The molecule has 0 saturated carbocycles. The molecular weight excluding hydrogens is 684 g/mol. The number of likely N-dealkylation sites (tertiary alicyclic amines) is 2. The molecule has 4 rings (SSSR count). The number of piperidine rings is 1. The highest BCUT2D eigenvalue weighted by atomic mass is 16.6. The van der Waals surface area contributed by atoms with E-state index in [9.17, 15) is 33.9 Å². The SMILES string of the molecule is CC(C)(C)NC(=O)[C@@H]1CCCN1C(=O)C(O)C(Cc1ccccc1)NC(=O)[C@H](CC(N)=O)NC(=O)COC1CCN(C(=O)OCc2ccccc2)CC1. The van der Waals surface area contributed by atoms with Gasteiger partial charge in [0.1, 0.15) is 25.3 Å². The van der Waals surface area contributed by atoms with Crippen LogP contribution in [0.25, 0.3) is 0 Å². The zero-order valence-electron chi connectivity index (χ0n) is 30.6. The third-order valence-corrected chi connectivity index (χ3v) is 9.01. The zero-order chi connectivity index (χ0) is 38.5. The van der Waals surface area contributed by atoms with Gasteiger partial charge in [-0.2, -0.15) is 0 Å². The molecule has 53 heavy (non-hydrogen) atoms. The van der Waals surface area contributed by atoms with Gasteiger partial charge in [0.25, 0.3) is 5.91 Å². The summed E-state index contributed by atoms with van der Waals surface area (Å²) in [5.41, 5.74) is 6.48. The average Bonchev–Trinajstić information content (AvgIpc) is 3.63. The van der Waals surface area contributed by atoms with Gasteiger partial charge in [0.05, 0.1) is 18.6 Å². The van der Waals surface area contributed by atoms with E-state index in [4.69, 9.17) is 15.2 Å². The Bertz CT molecular complexity index is 1560. The largest absolute Gasteiger partial charge is 0.445 e. The third kappa shape index (κ3) is 12.9. The van der Waals surface area contributed by atoms with Crippen molar-refractivity contribution in [3.05, 3.63) is 71.8 Å². The Labute approximate surface area is 309 Å². The van der Waals surface area contributed by atoms with E-state index in [1.807, 2.05) is 51.1 Å². The molecule has 2 unspecified atom stereocenters. The summed E-state index contributed by atoms with van der Waals surface area (Å²) in [5, 5.41) is 19.5. The van der Waals surface area contributed by atoms with Gasteiger partial charge in [-0.05, 0) is 64.0 Å². The van der Waals surface area contributed by atoms with Crippen LogP contribution in [0.1, 0.15) is 64.0 Å². The van der Waals surface area contributed by atoms with Crippen molar-refractivity contribution in [3.63, 3.8) is 0 Å². The highest BCUT2D eigenvalue weighted by molar-refractivity contribution is 5.93. The summed E-state index contributed by atoms with van der Waals surface area (Å²) in [6, 6.07) is 14.8. The summed E-state index contributed by atoms with van der Waals surface area (Å²) in [6.45, 7) is 6.22. The van der Waals surface area contributed by atoms with Gasteiger partial charge in [0, 0.05) is 25.2 Å². The number of hydrogen-bond donors (Lipinski definition) is 5. The molecule has 2 aromatic carbocycles. The Balaban J connectivity index is 1.34. The van der Waals surface area contributed by atoms with Crippen LogP contribution in [0.3, 0.4) is 0 Å². The molecule has 2 saturated heterocycles. The minimum absolute atomic E-state index is 0.0328. The second-order valence-corrected chi connectivity index (χ2v) is 14.5. The van der Waals surface area contributed by atoms with Gasteiger partial charge in [-0.1, -0.05) is 60.7 Å². The second-order valence-electron chi connectivity index (χ2n) is 14.5. The van der Waals surface area contributed by atoms with Crippen LogP contribution in [-0.2, 0) is 46.5 Å². The molecule has 15 nitrogen and oxygen atoms in total. The van der Waals surface area contributed by atoms with E-state index in [-0.39, 0.29) is 31.6 Å². The number of nitrogens with one attached hydrogen (secondary N) is 3. The Morgan fingerprint density at radius 1 is 0.887 bits per heavy atom. The van der Waals surface area contributed by atoms with Crippen molar-refractivity contribution < 1.29 is 43.3 Å². The molecule has 2 aliphatic rings. The van der Waals surface area contributed by atoms with Crippen LogP contribution < -0.4 is 21.7 Å². The lowest BCUT2D eigenvalue weighted by molar-refractivity contribution is -0.147. The predicted octanol–water partition coefficient (Wildman–Crippen LogP) is 1.16. The van der Waals surface area contributed by atoms with Crippen LogP contribution in [0.4, 0.5) is 4.79 Å². The fraction of sp³-hybridized carbons (Fsp3) is 0.526. The standard InChI is InChI=1S/C38H52N6O9/c1-38(2,3)42-35(49)30-15-10-18-44(30)36(50)33(47)28(21-25-11-6-4-7-12-25)41-34(48)29(22-31(39)45)40-32(46)24-52-27-16-19-43(20-17-27)37(51)53-23-26-13-8-5-9-14-26/h4-9,11-14,27-30,33,47H,10,15-24H2,1-3H3,(H2,39,45)(H,40,46)(H,41,48)(H,42,49)/t28?,29-,30-,33?/m0/s1. The van der Waals surface area contributed by atoms with E-state index >= 15 is 0 Å². The number of carbonyl (C=O) groups is 6. The van der Waals surface area contributed by atoms with Gasteiger partial charge in [0.2, 0.25) is 23.6 Å². The van der Waals surface area contributed by atoms with Gasteiger partial charge in [0.15, 0.2) is 6.10 Å². The molecule has 2 heterocycles. The van der Waals surface area contributed by atoms with Gasteiger partial charge < -0.3 is 46.1 Å². The Kier molecular flexibility index (Phi) is 14.7. The molecular formula is C38H52N6O9. The lowest BCUT2D eigenvalue weighted by Gasteiger charge is -2.32. The van der Waals surface area contributed by atoms with E-state index < -0.39 is 72.5 Å². The Morgan fingerprint density at radius 3 is 2.11 bits per heavy atom. The molecule has 0 radical (unpaired) electrons. The van der Waals surface area contributed by atoms with Crippen LogP contribution in [0.5, 0.6) is 0 Å². The maximum Gasteiger partial charge on any atom is 0.410 e. The first-order valence-electron chi connectivity index (χ1n) is 18.0. The number of nitrogens with zero attached hydrogens (tertiary/aromatic N) is 2. The zero-order valence-corrected chi connectivity index (χ0v) is 30.6. The maximum atomic E-state index is 13.7. The fourth-order valence-electron chi connectivity index (χ4n) is 6.35. The van der Waals surface area contributed by atoms with Gasteiger partial charge >= 0.3 is 6.09 Å². The molecule has 15 heteroatoms. The fourth-order valence-corrected chi connectivity index (χ4v) is 6.35. The summed E-state index contributed by atoms with van der Waals surface area (Å²) in [6.07, 6.45) is -1.14. The maximum absolute atomic E-state index is 13.7. The number of primary amides is 1. The molecule has 2 fully saturated rings. The molecule has 2 aromatic rings. The molecule has 6 amide bonds. The first kappa shape index (κ1) is 40.7. The van der Waals surface area contributed by atoms with Crippen molar-refractivity contribution in [2.45, 2.75) is 102 Å². The Morgan fingerprint density at radius 2 is 1.51 bits per heavy atom. The second kappa shape index (κ2) is 19.2. The van der Waals surface area contributed by atoms with Crippen LogP contribution in [0.15, 0.2) is 60.7 Å². The number of hydrogen-bond acceptors (Lipinski definition) is 9. The summed E-state index contributed by atoms with van der Waals surface area (Å²) < 4.78 is 11.2. The first-order chi connectivity index (χ1) is 25.2. The molecule has 0 spiro atoms. The van der Waals surface area contributed by atoms with Crippen molar-refractivity contribution in [2.75, 3.05) is 26.2 Å². The van der Waals surface area contributed by atoms with Crippen molar-refractivity contribution in [1.82, 2.24) is 25.8 Å². The Hall–Kier alpha value is -5.02. The number of benzene rings is 2. The minimum Gasteiger partial charge on any atom is -0.445 e. The summed E-state index contributed by atoms with van der Waals surface area (Å²) in [5.74, 6) is -3.44. The summed E-state index contributed by atoms with van der Waals surface area (Å²) in [4.78, 5) is 80.7. The van der Waals surface area contributed by atoms with Crippen LogP contribution >= 0.6 is 0 Å². The minimum atomic E-state index is -1.75. The van der Waals surface area contributed by atoms with Crippen molar-refractivity contribution in [1.29, 1.82) is 0 Å². The molecule has 0 aliphatic carbocycles. The van der Waals surface area contributed by atoms with Gasteiger partial charge in [-0.3, -0.25) is 24.0 Å². The van der Waals surface area contributed by atoms with Gasteiger partial charge in [-0.15, -0.1) is 0 Å². The number of aliphatic hydroxyl groups excluding tert-OH is 1. The normalized spacial score (nSPS) is 18.0. The highest BCUT2D eigenvalue weighted by Gasteiger charge is 2.41. The molecule has 288 valence electrons. The molecule has 0 bridgehead atoms. The number of aliphatic hydroxyl groups is 1. The monoisotopic (exact) mass is 736 g/mol. The number of carbonyl (C=O) groups excluding carboxylic acids is 6. The smallest absolute Gasteiger partial charge is 0.410 e. The quantitative estimate of drug-likeness (QED) is 0.177. The number of amides is 6. The molecule has 4 atom stereocenters. The van der Waals surface area contributed by atoms with E-state index in [2.05, 4.69) is 16.0 Å². The van der Waals surface area contributed by atoms with Crippen molar-refractivity contribution in [3.8, 4) is 0 Å². The lowest BCUT2D eigenvalue weighted by atomic mass is 9.99. The predicted molar refractivity (Wildman–Crippen MR) is 194 cm³/mol. The van der Waals surface area contributed by atoms with E-state index in [1.54, 1.807) is 35.2 Å². The molecule has 2 aliphatic heterocycles. The first-order valence-corrected chi connectivity index (χ1v) is 18.0. The van der Waals surface area contributed by atoms with Crippen molar-refractivity contribution >= 4 is 35.6 Å². The van der Waals surface area contributed by atoms with E-state index in [0.29, 0.717) is 44.3 Å². The topological polar surface area (TPSA) is 210 Å². The van der Waals surface area contributed by atoms with Gasteiger partial charge in [-0.25, -0.2) is 4.79 Å². The van der Waals surface area contributed by atoms with Crippen LogP contribution in [0.2, 0.25) is 0 Å². The van der Waals surface area contributed by atoms with Crippen molar-refractivity contribution in [2.24, 2.45) is 5.73 Å². The van der Waals surface area contributed by atoms with Crippen LogP contribution in [-0.4, -0.2) is 113 Å². The summed E-state index contributed by atoms with van der Waals surface area (Å²) in [7, 11) is 0. The average molecular weight is 737 g/mol. The third-order valence-electron chi connectivity index (χ3n) is 9.01. The molecule has 6 N–H and O–H groups in total. The number of nitrogens with two attached hydrogens (primary N) is 1. The lowest BCUT2D eigenvalue weighted by Crippen LogP contribution is -2.59. The molecule has 0 aromatic heterocycles. The van der Waals surface area contributed by atoms with E-state index in [0.717, 1.165) is 5.56 Å².